The molecule has 0 aromatic carbocycles. The summed E-state index contributed by atoms with van der Waals surface area (Å²) < 4.78 is 0. The number of rotatable bonds is 13. The zero-order valence-electron chi connectivity index (χ0n) is 12.6. The van der Waals surface area contributed by atoms with Gasteiger partial charge < -0.3 is 26.1 Å². The molecule has 0 spiro atoms. The fraction of sp³-hybridized carbons (Fsp3) is 0.615. The first-order valence-electron chi connectivity index (χ1n) is 6.90. The molecule has 0 bridgehead atoms. The van der Waals surface area contributed by atoms with Crippen molar-refractivity contribution in [2.75, 3.05) is 26.2 Å². The SMILES string of the molecule is N[C@H](CCNC(=O)CN(CC(=O)O)CC(=O)O)C(=O)CCC=O. The standard InChI is InChI=1S/C13H21N3O7/c14-9(10(18)2-1-5-17)3-4-15-11(19)6-16(7-12(20)21)8-13(22)23/h5,9H,1-4,6-8,14H2,(H,15,19)(H,20,21)(H,22,23)/t9-/m1/s1. The second kappa shape index (κ2) is 11.3. The number of Topliss-reactive ketones (excluding diaryl/α,β-unsaturated/α-hetero) is 1. The molecule has 0 aromatic rings. The van der Waals surface area contributed by atoms with Crippen LogP contribution in [0.25, 0.3) is 0 Å². The normalized spacial score (nSPS) is 11.7. The van der Waals surface area contributed by atoms with Crippen LogP contribution < -0.4 is 11.1 Å². The Morgan fingerprint density at radius 2 is 1.65 bits per heavy atom. The minimum absolute atomic E-state index is 0.0453. The predicted molar refractivity (Wildman–Crippen MR) is 77.6 cm³/mol. The van der Waals surface area contributed by atoms with Crippen molar-refractivity contribution in [3.8, 4) is 0 Å². The lowest BCUT2D eigenvalue weighted by molar-refractivity contribution is -0.142. The smallest absolute Gasteiger partial charge is 0.317 e. The van der Waals surface area contributed by atoms with Crippen LogP contribution in [0.5, 0.6) is 0 Å². The number of carbonyl (C=O) groups excluding carboxylic acids is 3. The van der Waals surface area contributed by atoms with Crippen LogP contribution in [0.1, 0.15) is 19.3 Å². The van der Waals surface area contributed by atoms with Gasteiger partial charge in [0.1, 0.15) is 12.1 Å². The summed E-state index contributed by atoms with van der Waals surface area (Å²) in [7, 11) is 0. The molecule has 1 atom stereocenters. The van der Waals surface area contributed by atoms with E-state index in [0.29, 0.717) is 6.29 Å². The van der Waals surface area contributed by atoms with E-state index >= 15 is 0 Å². The lowest BCUT2D eigenvalue weighted by Crippen LogP contribution is -2.43. The predicted octanol–water partition coefficient (Wildman–Crippen LogP) is -2.16. The van der Waals surface area contributed by atoms with Crippen LogP contribution in [-0.4, -0.2) is 77.2 Å². The third kappa shape index (κ3) is 11.0. The van der Waals surface area contributed by atoms with E-state index in [1.165, 1.54) is 0 Å². The first-order valence-corrected chi connectivity index (χ1v) is 6.90. The van der Waals surface area contributed by atoms with Gasteiger partial charge in [-0.15, -0.1) is 0 Å². The van der Waals surface area contributed by atoms with Gasteiger partial charge in [-0.3, -0.25) is 24.1 Å². The van der Waals surface area contributed by atoms with Crippen LogP contribution in [0, 0.1) is 0 Å². The number of carbonyl (C=O) groups is 5. The topological polar surface area (TPSA) is 167 Å². The monoisotopic (exact) mass is 331 g/mol. The molecule has 0 aliphatic carbocycles. The summed E-state index contributed by atoms with van der Waals surface area (Å²) in [6, 6.07) is -0.801. The Labute approximate surface area is 132 Å². The molecule has 0 saturated heterocycles. The molecule has 0 aromatic heterocycles. The number of aldehydes is 1. The Kier molecular flexibility index (Phi) is 10.1. The zero-order valence-corrected chi connectivity index (χ0v) is 12.6. The van der Waals surface area contributed by atoms with E-state index in [9.17, 15) is 24.0 Å². The van der Waals surface area contributed by atoms with E-state index in [-0.39, 0.29) is 31.6 Å². The summed E-state index contributed by atoms with van der Waals surface area (Å²) in [5.41, 5.74) is 5.59. The number of aliphatic carboxylic acids is 2. The minimum atomic E-state index is -1.25. The maximum absolute atomic E-state index is 11.6. The van der Waals surface area contributed by atoms with Gasteiger partial charge in [-0.25, -0.2) is 0 Å². The molecule has 0 rings (SSSR count). The molecule has 0 radical (unpaired) electrons. The Bertz CT molecular complexity index is 437. The van der Waals surface area contributed by atoms with Crippen molar-refractivity contribution in [3.63, 3.8) is 0 Å². The second-order valence-corrected chi connectivity index (χ2v) is 4.85. The highest BCUT2D eigenvalue weighted by atomic mass is 16.4. The highest BCUT2D eigenvalue weighted by Gasteiger charge is 2.17. The van der Waals surface area contributed by atoms with E-state index in [2.05, 4.69) is 5.32 Å². The van der Waals surface area contributed by atoms with Gasteiger partial charge in [0.05, 0.1) is 25.7 Å². The molecular weight excluding hydrogens is 310 g/mol. The van der Waals surface area contributed by atoms with Crippen molar-refractivity contribution in [2.24, 2.45) is 5.73 Å². The van der Waals surface area contributed by atoms with Gasteiger partial charge in [0.15, 0.2) is 0 Å². The zero-order chi connectivity index (χ0) is 17.8. The number of amides is 1. The van der Waals surface area contributed by atoms with Gasteiger partial charge in [0.2, 0.25) is 5.91 Å². The molecular formula is C13H21N3O7. The Hall–Kier alpha value is -2.33. The molecule has 5 N–H and O–H groups in total. The summed E-state index contributed by atoms with van der Waals surface area (Å²) in [6.07, 6.45) is 0.926. The highest BCUT2D eigenvalue weighted by Crippen LogP contribution is 1.96. The fourth-order valence-corrected chi connectivity index (χ4v) is 1.72. The fourth-order valence-electron chi connectivity index (χ4n) is 1.72. The van der Waals surface area contributed by atoms with Gasteiger partial charge in [-0.2, -0.15) is 0 Å². The van der Waals surface area contributed by atoms with Gasteiger partial charge in [0.25, 0.3) is 0 Å². The van der Waals surface area contributed by atoms with Crippen LogP contribution in [0.4, 0.5) is 0 Å². The number of carboxylic acids is 2. The lowest BCUT2D eigenvalue weighted by Gasteiger charge is -2.17. The summed E-state index contributed by atoms with van der Waals surface area (Å²) in [5, 5.41) is 19.7. The van der Waals surface area contributed by atoms with Gasteiger partial charge >= 0.3 is 11.9 Å². The number of nitrogens with zero attached hydrogens (tertiary/aromatic N) is 1. The number of carboxylic acid groups (broad SMARTS) is 2. The van der Waals surface area contributed by atoms with Gasteiger partial charge in [0, 0.05) is 19.4 Å². The molecule has 10 heteroatoms. The van der Waals surface area contributed by atoms with Crippen LogP contribution in [0.2, 0.25) is 0 Å². The van der Waals surface area contributed by atoms with Crippen LogP contribution in [0.15, 0.2) is 0 Å². The van der Waals surface area contributed by atoms with Gasteiger partial charge in [-0.05, 0) is 6.42 Å². The Morgan fingerprint density at radius 1 is 1.09 bits per heavy atom. The molecule has 0 saturated carbocycles. The van der Waals surface area contributed by atoms with Gasteiger partial charge in [-0.1, -0.05) is 0 Å². The van der Waals surface area contributed by atoms with E-state index < -0.39 is 43.5 Å². The number of ketones is 1. The second-order valence-electron chi connectivity index (χ2n) is 4.85. The number of hydrogen-bond donors (Lipinski definition) is 4. The molecule has 0 fully saturated rings. The van der Waals surface area contributed by atoms with Crippen molar-refractivity contribution < 1.29 is 34.2 Å². The third-order valence-electron chi connectivity index (χ3n) is 2.78. The Balaban J connectivity index is 4.16. The molecule has 0 aliphatic heterocycles. The number of nitrogens with one attached hydrogen (secondary N) is 1. The molecule has 23 heavy (non-hydrogen) atoms. The molecule has 0 unspecified atom stereocenters. The molecule has 0 aliphatic rings. The first-order chi connectivity index (χ1) is 10.8. The molecule has 10 nitrogen and oxygen atoms in total. The highest BCUT2D eigenvalue weighted by molar-refractivity contribution is 5.85. The third-order valence-corrected chi connectivity index (χ3v) is 2.78. The van der Waals surface area contributed by atoms with E-state index in [1.807, 2.05) is 0 Å². The minimum Gasteiger partial charge on any atom is -0.480 e. The van der Waals surface area contributed by atoms with Crippen molar-refractivity contribution in [2.45, 2.75) is 25.3 Å². The summed E-state index contributed by atoms with van der Waals surface area (Å²) >= 11 is 0. The first kappa shape index (κ1) is 20.7. The lowest BCUT2D eigenvalue weighted by atomic mass is 10.1. The van der Waals surface area contributed by atoms with E-state index in [4.69, 9.17) is 15.9 Å². The molecule has 130 valence electrons. The average molecular weight is 331 g/mol. The van der Waals surface area contributed by atoms with Crippen LogP contribution in [0.3, 0.4) is 0 Å². The summed E-state index contributed by atoms with van der Waals surface area (Å²) in [4.78, 5) is 55.4. The van der Waals surface area contributed by atoms with Crippen molar-refractivity contribution in [1.82, 2.24) is 10.2 Å². The van der Waals surface area contributed by atoms with Crippen molar-refractivity contribution in [3.05, 3.63) is 0 Å². The molecule has 0 heterocycles. The summed E-state index contributed by atoms with van der Waals surface area (Å²) in [6.45, 7) is -1.47. The number of nitrogens with two attached hydrogens (primary N) is 1. The van der Waals surface area contributed by atoms with Crippen LogP contribution in [-0.2, 0) is 24.0 Å². The quantitative estimate of drug-likeness (QED) is 0.275. The van der Waals surface area contributed by atoms with Crippen molar-refractivity contribution >= 4 is 29.9 Å². The summed E-state index contributed by atoms with van der Waals surface area (Å²) in [5.74, 6) is -3.35. The average Bonchev–Trinajstić information content (AvgIpc) is 2.42. The molecule has 1 amide bonds. The number of hydrogen-bond acceptors (Lipinski definition) is 7. The van der Waals surface area contributed by atoms with E-state index in [1.54, 1.807) is 0 Å². The van der Waals surface area contributed by atoms with Crippen molar-refractivity contribution in [1.29, 1.82) is 0 Å². The Morgan fingerprint density at radius 3 is 2.13 bits per heavy atom. The maximum Gasteiger partial charge on any atom is 0.317 e. The van der Waals surface area contributed by atoms with Crippen LogP contribution >= 0.6 is 0 Å². The van der Waals surface area contributed by atoms with E-state index in [0.717, 1.165) is 4.90 Å². The maximum atomic E-state index is 11.6. The largest absolute Gasteiger partial charge is 0.480 e.